The topological polar surface area (TPSA) is 77.1 Å². The van der Waals surface area contributed by atoms with Crippen LogP contribution in [0.1, 0.15) is 15.9 Å². The molecule has 5 nitrogen and oxygen atoms in total. The summed E-state index contributed by atoms with van der Waals surface area (Å²) in [7, 11) is 0. The van der Waals surface area contributed by atoms with E-state index in [1.165, 1.54) is 0 Å². The number of nitriles is 2. The van der Waals surface area contributed by atoms with E-state index in [4.69, 9.17) is 4.74 Å². The number of allylic oxidation sites excluding steroid dienone is 2. The number of ether oxygens (including phenoxy) is 1. The molecule has 4 rings (SSSR count). The first kappa shape index (κ1) is 14.4. The fourth-order valence-corrected chi connectivity index (χ4v) is 3.47. The number of carbonyl (C=O) groups is 1. The van der Waals surface area contributed by atoms with Gasteiger partial charge in [0, 0.05) is 40.7 Å². The van der Waals surface area contributed by atoms with Crippen LogP contribution in [0.5, 0.6) is 0 Å². The first-order valence-electron chi connectivity index (χ1n) is 7.74. The number of rotatable bonds is 1. The van der Waals surface area contributed by atoms with Gasteiger partial charge in [-0.3, -0.25) is 4.79 Å². The SMILES string of the molecule is N#CC1=C(C#N)c2ccc(N3CCOCC3)c3cccc(c23)C1=O. The summed E-state index contributed by atoms with van der Waals surface area (Å²) in [6.45, 7) is 2.92. The van der Waals surface area contributed by atoms with E-state index in [2.05, 4.69) is 4.90 Å². The van der Waals surface area contributed by atoms with E-state index in [0.717, 1.165) is 29.5 Å². The van der Waals surface area contributed by atoms with Crippen LogP contribution in [0.25, 0.3) is 16.3 Å². The van der Waals surface area contributed by atoms with Gasteiger partial charge in [0.05, 0.1) is 18.8 Å². The summed E-state index contributed by atoms with van der Waals surface area (Å²) in [5.41, 5.74) is 2.28. The average molecular weight is 315 g/mol. The zero-order chi connectivity index (χ0) is 16.7. The van der Waals surface area contributed by atoms with Crippen molar-refractivity contribution in [1.29, 1.82) is 10.5 Å². The monoisotopic (exact) mass is 315 g/mol. The number of nitrogens with zero attached hydrogens (tertiary/aromatic N) is 3. The Hall–Kier alpha value is -3.15. The fraction of sp³-hybridized carbons (Fsp3) is 0.211. The van der Waals surface area contributed by atoms with E-state index in [9.17, 15) is 15.3 Å². The molecule has 2 aliphatic rings. The third kappa shape index (κ3) is 1.93. The Labute approximate surface area is 139 Å². The van der Waals surface area contributed by atoms with Crippen molar-refractivity contribution in [3.8, 4) is 12.1 Å². The van der Waals surface area contributed by atoms with Crippen molar-refractivity contribution in [3.63, 3.8) is 0 Å². The van der Waals surface area contributed by atoms with Crippen LogP contribution in [0.4, 0.5) is 5.69 Å². The molecule has 1 heterocycles. The predicted octanol–water partition coefficient (Wildman–Crippen LogP) is 2.67. The lowest BCUT2D eigenvalue weighted by atomic mass is 9.83. The van der Waals surface area contributed by atoms with Gasteiger partial charge >= 0.3 is 0 Å². The Morgan fingerprint density at radius 2 is 1.71 bits per heavy atom. The Morgan fingerprint density at radius 3 is 2.42 bits per heavy atom. The van der Waals surface area contributed by atoms with Gasteiger partial charge in [-0.1, -0.05) is 24.3 Å². The minimum atomic E-state index is -0.369. The van der Waals surface area contributed by atoms with E-state index in [-0.39, 0.29) is 16.9 Å². The van der Waals surface area contributed by atoms with E-state index in [1.54, 1.807) is 6.07 Å². The van der Waals surface area contributed by atoms with Crippen molar-refractivity contribution in [2.75, 3.05) is 31.2 Å². The lowest BCUT2D eigenvalue weighted by molar-refractivity contribution is 0.104. The van der Waals surface area contributed by atoms with Crippen molar-refractivity contribution in [3.05, 3.63) is 47.0 Å². The molecule has 1 saturated heterocycles. The number of anilines is 1. The highest BCUT2D eigenvalue weighted by molar-refractivity contribution is 6.29. The molecule has 0 unspecified atom stereocenters. The fourth-order valence-electron chi connectivity index (χ4n) is 3.47. The van der Waals surface area contributed by atoms with Crippen molar-refractivity contribution in [1.82, 2.24) is 0 Å². The third-order valence-corrected chi connectivity index (χ3v) is 4.58. The predicted molar refractivity (Wildman–Crippen MR) is 89.5 cm³/mol. The Morgan fingerprint density at radius 1 is 0.958 bits per heavy atom. The van der Waals surface area contributed by atoms with Crippen LogP contribution in [0.15, 0.2) is 35.9 Å². The minimum absolute atomic E-state index is 0.0726. The molecule has 0 saturated carbocycles. The third-order valence-electron chi connectivity index (χ3n) is 4.58. The Balaban J connectivity index is 2.03. The zero-order valence-corrected chi connectivity index (χ0v) is 12.9. The van der Waals surface area contributed by atoms with Crippen LogP contribution in [-0.4, -0.2) is 32.1 Å². The van der Waals surface area contributed by atoms with Gasteiger partial charge in [0.15, 0.2) is 0 Å². The average Bonchev–Trinajstić information content (AvgIpc) is 2.64. The quantitative estimate of drug-likeness (QED) is 0.808. The molecule has 0 radical (unpaired) electrons. The van der Waals surface area contributed by atoms with Gasteiger partial charge < -0.3 is 9.64 Å². The van der Waals surface area contributed by atoms with Crippen molar-refractivity contribution < 1.29 is 9.53 Å². The molecule has 24 heavy (non-hydrogen) atoms. The molecule has 0 N–H and O–H groups in total. The van der Waals surface area contributed by atoms with Crippen molar-refractivity contribution in [2.24, 2.45) is 0 Å². The summed E-state index contributed by atoms with van der Waals surface area (Å²) in [5, 5.41) is 20.5. The second kappa shape index (κ2) is 5.49. The highest BCUT2D eigenvalue weighted by Gasteiger charge is 2.29. The maximum absolute atomic E-state index is 12.6. The van der Waals surface area contributed by atoms with Crippen LogP contribution >= 0.6 is 0 Å². The first-order chi connectivity index (χ1) is 11.8. The Kier molecular flexibility index (Phi) is 3.30. The molecule has 0 amide bonds. The van der Waals surface area contributed by atoms with E-state index >= 15 is 0 Å². The number of Topliss-reactive ketones (excluding diaryl/α,β-unsaturated/α-hetero) is 1. The largest absolute Gasteiger partial charge is 0.378 e. The lowest BCUT2D eigenvalue weighted by Gasteiger charge is -2.31. The van der Waals surface area contributed by atoms with Crippen molar-refractivity contribution >= 4 is 27.8 Å². The summed E-state index contributed by atoms with van der Waals surface area (Å²) >= 11 is 0. The first-order valence-corrected chi connectivity index (χ1v) is 7.74. The lowest BCUT2D eigenvalue weighted by Crippen LogP contribution is -2.36. The van der Waals surface area contributed by atoms with E-state index < -0.39 is 0 Å². The summed E-state index contributed by atoms with van der Waals surface area (Å²) in [6, 6.07) is 13.3. The molecule has 116 valence electrons. The molecule has 1 aliphatic carbocycles. The van der Waals surface area contributed by atoms with Crippen LogP contribution in [0, 0.1) is 22.7 Å². The van der Waals surface area contributed by atoms with E-state index in [0.29, 0.717) is 24.3 Å². The number of benzene rings is 2. The summed E-state index contributed by atoms with van der Waals surface area (Å²) in [4.78, 5) is 14.9. The number of hydrogen-bond donors (Lipinski definition) is 0. The van der Waals surface area contributed by atoms with E-state index in [1.807, 2.05) is 36.4 Å². The number of carbonyl (C=O) groups excluding carboxylic acids is 1. The van der Waals surface area contributed by atoms with Crippen LogP contribution < -0.4 is 4.90 Å². The Bertz CT molecular complexity index is 986. The van der Waals surface area contributed by atoms with Gasteiger partial charge in [0.1, 0.15) is 17.7 Å². The van der Waals surface area contributed by atoms with Crippen LogP contribution in [-0.2, 0) is 4.74 Å². The molecule has 0 spiro atoms. The molecule has 2 aromatic carbocycles. The highest BCUT2D eigenvalue weighted by atomic mass is 16.5. The molecule has 0 aromatic heterocycles. The maximum atomic E-state index is 12.6. The standard InChI is InChI=1S/C19H13N3O2/c20-10-15-12-4-5-17(22-6-8-24-9-7-22)13-2-1-3-14(18(12)13)19(23)16(15)11-21/h1-5H,6-9H2. The molecule has 2 aromatic rings. The normalized spacial score (nSPS) is 16.9. The van der Waals surface area contributed by atoms with Gasteiger partial charge in [-0.15, -0.1) is 0 Å². The van der Waals surface area contributed by atoms with Gasteiger partial charge in [0.2, 0.25) is 5.78 Å². The number of ketones is 1. The summed E-state index contributed by atoms with van der Waals surface area (Å²) in [6.07, 6.45) is 0. The van der Waals surface area contributed by atoms with Crippen LogP contribution in [0.2, 0.25) is 0 Å². The smallest absolute Gasteiger partial charge is 0.205 e. The molecule has 1 aliphatic heterocycles. The molecule has 1 fully saturated rings. The number of morpholine rings is 1. The van der Waals surface area contributed by atoms with Gasteiger partial charge in [-0.05, 0) is 6.07 Å². The molecule has 0 atom stereocenters. The van der Waals surface area contributed by atoms with Gasteiger partial charge in [0.25, 0.3) is 0 Å². The van der Waals surface area contributed by atoms with Crippen LogP contribution in [0.3, 0.4) is 0 Å². The second-order valence-electron chi connectivity index (χ2n) is 5.76. The summed E-state index contributed by atoms with van der Waals surface area (Å²) < 4.78 is 5.41. The van der Waals surface area contributed by atoms with Gasteiger partial charge in [-0.2, -0.15) is 10.5 Å². The molecule has 0 bridgehead atoms. The van der Waals surface area contributed by atoms with Gasteiger partial charge in [-0.25, -0.2) is 0 Å². The second-order valence-corrected chi connectivity index (χ2v) is 5.76. The number of hydrogen-bond acceptors (Lipinski definition) is 5. The zero-order valence-electron chi connectivity index (χ0n) is 12.9. The minimum Gasteiger partial charge on any atom is -0.378 e. The molecule has 5 heteroatoms. The van der Waals surface area contributed by atoms with Crippen molar-refractivity contribution in [2.45, 2.75) is 0 Å². The maximum Gasteiger partial charge on any atom is 0.205 e. The molecular weight excluding hydrogens is 302 g/mol. The molecular formula is C19H13N3O2. The highest BCUT2D eigenvalue weighted by Crippen LogP contribution is 2.40. The summed E-state index contributed by atoms with van der Waals surface area (Å²) in [5.74, 6) is -0.369.